The van der Waals surface area contributed by atoms with E-state index in [2.05, 4.69) is 10.0 Å². The number of hydrogen-bond acceptors (Lipinski definition) is 5. The molecular weight excluding hydrogens is 452 g/mol. The highest BCUT2D eigenvalue weighted by molar-refractivity contribution is 7.92. The van der Waals surface area contributed by atoms with Crippen LogP contribution in [0.5, 0.6) is 11.5 Å². The molecule has 0 bridgehead atoms. The lowest BCUT2D eigenvalue weighted by Gasteiger charge is -2.12. The summed E-state index contributed by atoms with van der Waals surface area (Å²) in [6.45, 7) is 0.249. The highest BCUT2D eigenvalue weighted by Crippen LogP contribution is 2.28. The van der Waals surface area contributed by atoms with E-state index in [-0.39, 0.29) is 28.2 Å². The zero-order valence-electron chi connectivity index (χ0n) is 17.4. The number of sulfonamides is 1. The van der Waals surface area contributed by atoms with E-state index in [1.54, 1.807) is 24.3 Å². The Bertz CT molecular complexity index is 1150. The van der Waals surface area contributed by atoms with Crippen LogP contribution in [0.2, 0.25) is 5.02 Å². The number of amides is 1. The molecule has 3 aromatic carbocycles. The van der Waals surface area contributed by atoms with Crippen molar-refractivity contribution in [2.45, 2.75) is 11.3 Å². The van der Waals surface area contributed by atoms with Crippen LogP contribution < -0.4 is 19.5 Å². The molecule has 2 N–H and O–H groups in total. The Hall–Kier alpha value is -3.23. The molecule has 0 atom stereocenters. The molecule has 32 heavy (non-hydrogen) atoms. The van der Waals surface area contributed by atoms with E-state index in [4.69, 9.17) is 21.1 Å². The molecule has 0 fully saturated rings. The van der Waals surface area contributed by atoms with Gasteiger partial charge in [0.15, 0.2) is 6.61 Å². The standard InChI is InChI=1S/C23H23ClN2O5S/c1-30-19-9-7-18(8-10-19)26-32(28,29)20-11-12-22(21(24)15-20)31-16-23(27)25-14-13-17-5-3-2-4-6-17/h2-12,15,26H,13-14,16H2,1H3,(H,25,27). The fraction of sp³-hybridized carbons (Fsp3) is 0.174. The summed E-state index contributed by atoms with van der Waals surface area (Å²) in [4.78, 5) is 12.0. The van der Waals surface area contributed by atoms with Crippen molar-refractivity contribution in [1.82, 2.24) is 5.32 Å². The lowest BCUT2D eigenvalue weighted by atomic mass is 10.1. The van der Waals surface area contributed by atoms with E-state index in [1.165, 1.54) is 25.3 Å². The Balaban J connectivity index is 1.53. The maximum Gasteiger partial charge on any atom is 0.261 e. The number of hydrogen-bond donors (Lipinski definition) is 2. The van der Waals surface area contributed by atoms with Crippen LogP contribution in [0.25, 0.3) is 0 Å². The Labute approximate surface area is 192 Å². The van der Waals surface area contributed by atoms with Gasteiger partial charge in [0.05, 0.1) is 17.0 Å². The second kappa shape index (κ2) is 10.9. The van der Waals surface area contributed by atoms with Gasteiger partial charge in [0.25, 0.3) is 15.9 Å². The van der Waals surface area contributed by atoms with Gasteiger partial charge in [-0.2, -0.15) is 0 Å². The van der Waals surface area contributed by atoms with Crippen LogP contribution in [-0.4, -0.2) is 34.6 Å². The van der Waals surface area contributed by atoms with Crippen molar-refractivity contribution >= 4 is 33.2 Å². The molecule has 0 aliphatic rings. The molecule has 0 aliphatic heterocycles. The number of halogens is 1. The minimum Gasteiger partial charge on any atom is -0.497 e. The topological polar surface area (TPSA) is 93.7 Å². The van der Waals surface area contributed by atoms with Crippen molar-refractivity contribution in [3.05, 3.63) is 83.4 Å². The van der Waals surface area contributed by atoms with Gasteiger partial charge in [-0.3, -0.25) is 9.52 Å². The van der Waals surface area contributed by atoms with Crippen LogP contribution in [0.3, 0.4) is 0 Å². The van der Waals surface area contributed by atoms with E-state index in [9.17, 15) is 13.2 Å². The van der Waals surface area contributed by atoms with Crippen LogP contribution >= 0.6 is 11.6 Å². The van der Waals surface area contributed by atoms with Gasteiger partial charge >= 0.3 is 0 Å². The summed E-state index contributed by atoms with van der Waals surface area (Å²) in [5, 5.41) is 2.85. The van der Waals surface area contributed by atoms with Gasteiger partial charge in [0.2, 0.25) is 0 Å². The van der Waals surface area contributed by atoms with E-state index >= 15 is 0 Å². The first-order valence-corrected chi connectivity index (χ1v) is 11.6. The van der Waals surface area contributed by atoms with Crippen molar-refractivity contribution in [3.8, 4) is 11.5 Å². The van der Waals surface area contributed by atoms with Gasteiger partial charge in [-0.1, -0.05) is 41.9 Å². The predicted octanol–water partition coefficient (Wildman–Crippen LogP) is 3.89. The van der Waals surface area contributed by atoms with E-state index in [0.717, 1.165) is 5.56 Å². The molecule has 7 nitrogen and oxygen atoms in total. The first-order chi connectivity index (χ1) is 15.4. The van der Waals surface area contributed by atoms with Crippen LogP contribution in [0, 0.1) is 0 Å². The van der Waals surface area contributed by atoms with Gasteiger partial charge in [-0.05, 0) is 54.4 Å². The number of anilines is 1. The second-order valence-corrected chi connectivity index (χ2v) is 8.89. The summed E-state index contributed by atoms with van der Waals surface area (Å²) < 4.78 is 38.2. The lowest BCUT2D eigenvalue weighted by Crippen LogP contribution is -2.30. The molecule has 0 unspecified atom stereocenters. The minimum atomic E-state index is -3.85. The monoisotopic (exact) mass is 474 g/mol. The normalized spacial score (nSPS) is 10.9. The maximum absolute atomic E-state index is 12.6. The van der Waals surface area contributed by atoms with Gasteiger partial charge in [0.1, 0.15) is 11.5 Å². The van der Waals surface area contributed by atoms with Crippen molar-refractivity contribution in [2.75, 3.05) is 25.0 Å². The molecule has 0 spiro atoms. The average Bonchev–Trinajstić information content (AvgIpc) is 2.79. The van der Waals surface area contributed by atoms with Crippen molar-refractivity contribution in [3.63, 3.8) is 0 Å². The molecule has 0 aliphatic carbocycles. The van der Waals surface area contributed by atoms with E-state index in [0.29, 0.717) is 24.4 Å². The van der Waals surface area contributed by atoms with Crippen LogP contribution in [0.1, 0.15) is 5.56 Å². The first kappa shape index (κ1) is 23.4. The van der Waals surface area contributed by atoms with Crippen molar-refractivity contribution in [1.29, 1.82) is 0 Å². The van der Waals surface area contributed by atoms with E-state index in [1.807, 2.05) is 30.3 Å². The summed E-state index contributed by atoms with van der Waals surface area (Å²) in [7, 11) is -2.32. The Kier molecular flexibility index (Phi) is 7.97. The highest BCUT2D eigenvalue weighted by Gasteiger charge is 2.17. The van der Waals surface area contributed by atoms with Crippen molar-refractivity contribution < 1.29 is 22.7 Å². The number of ether oxygens (including phenoxy) is 2. The third-order valence-corrected chi connectivity index (χ3v) is 6.17. The summed E-state index contributed by atoms with van der Waals surface area (Å²) >= 11 is 6.18. The zero-order valence-corrected chi connectivity index (χ0v) is 18.9. The average molecular weight is 475 g/mol. The molecule has 3 aromatic rings. The zero-order chi connectivity index (χ0) is 23.0. The van der Waals surface area contributed by atoms with Gasteiger partial charge in [-0.15, -0.1) is 0 Å². The van der Waals surface area contributed by atoms with E-state index < -0.39 is 10.0 Å². The molecule has 0 radical (unpaired) electrons. The minimum absolute atomic E-state index is 0.0296. The molecule has 0 heterocycles. The van der Waals surface area contributed by atoms with Crippen LogP contribution in [0.15, 0.2) is 77.7 Å². The number of rotatable bonds is 10. The largest absolute Gasteiger partial charge is 0.497 e. The first-order valence-electron chi connectivity index (χ1n) is 9.77. The number of methoxy groups -OCH3 is 1. The molecule has 0 saturated carbocycles. The fourth-order valence-electron chi connectivity index (χ4n) is 2.82. The maximum atomic E-state index is 12.6. The summed E-state index contributed by atoms with van der Waals surface area (Å²) in [6.07, 6.45) is 0.709. The molecule has 0 saturated heterocycles. The SMILES string of the molecule is COc1ccc(NS(=O)(=O)c2ccc(OCC(=O)NCCc3ccccc3)c(Cl)c2)cc1. The second-order valence-electron chi connectivity index (χ2n) is 6.80. The van der Waals surface area contributed by atoms with Crippen LogP contribution in [-0.2, 0) is 21.2 Å². The number of carbonyl (C=O) groups excluding carboxylic acids is 1. The summed E-state index contributed by atoms with van der Waals surface area (Å²) in [6, 6.07) is 20.3. The lowest BCUT2D eigenvalue weighted by molar-refractivity contribution is -0.123. The predicted molar refractivity (Wildman–Crippen MR) is 124 cm³/mol. The summed E-state index contributed by atoms with van der Waals surface area (Å²) in [5.74, 6) is 0.532. The van der Waals surface area contributed by atoms with Gasteiger partial charge < -0.3 is 14.8 Å². The fourth-order valence-corrected chi connectivity index (χ4v) is 4.21. The Morgan fingerprint density at radius 3 is 2.38 bits per heavy atom. The molecule has 9 heteroatoms. The quantitative estimate of drug-likeness (QED) is 0.465. The van der Waals surface area contributed by atoms with Gasteiger partial charge in [-0.25, -0.2) is 8.42 Å². The molecule has 3 rings (SSSR count). The summed E-state index contributed by atoms with van der Waals surface area (Å²) in [5.41, 5.74) is 1.51. The highest BCUT2D eigenvalue weighted by atomic mass is 35.5. The molecule has 0 aromatic heterocycles. The Morgan fingerprint density at radius 1 is 1.00 bits per heavy atom. The molecule has 1 amide bonds. The number of nitrogens with one attached hydrogen (secondary N) is 2. The Morgan fingerprint density at radius 2 is 1.72 bits per heavy atom. The third kappa shape index (κ3) is 6.63. The molecular formula is C23H23ClN2O5S. The number of benzene rings is 3. The number of carbonyl (C=O) groups is 1. The molecule has 168 valence electrons. The van der Waals surface area contributed by atoms with Crippen LogP contribution in [0.4, 0.5) is 5.69 Å². The third-order valence-electron chi connectivity index (χ3n) is 4.49. The van der Waals surface area contributed by atoms with Gasteiger partial charge in [0, 0.05) is 12.2 Å². The van der Waals surface area contributed by atoms with Crippen molar-refractivity contribution in [2.24, 2.45) is 0 Å². The smallest absolute Gasteiger partial charge is 0.261 e.